The molecule has 0 aliphatic rings. The van der Waals surface area contributed by atoms with Gasteiger partial charge in [0.25, 0.3) is 5.91 Å². The van der Waals surface area contributed by atoms with Crippen LogP contribution >= 0.6 is 0 Å². The summed E-state index contributed by atoms with van der Waals surface area (Å²) in [5.74, 6) is -1.55. The smallest absolute Gasteiger partial charge is 0.329 e. The van der Waals surface area contributed by atoms with Gasteiger partial charge in [-0.2, -0.15) is 5.10 Å². The van der Waals surface area contributed by atoms with Crippen LogP contribution < -0.4 is 10.6 Å². The van der Waals surface area contributed by atoms with Crippen molar-refractivity contribution >= 4 is 17.8 Å². The Morgan fingerprint density at radius 1 is 0.893 bits per heavy atom. The fourth-order valence-corrected chi connectivity index (χ4v) is 1.79. The predicted octanol–water partition coefficient (Wildman–Crippen LogP) is -1.59. The zero-order valence-electron chi connectivity index (χ0n) is 15.5. The highest BCUT2D eigenvalue weighted by Crippen LogP contribution is 1.92. The Balaban J connectivity index is 1.81. The molecular formula is C16H26N4O8. The third-order valence-electron chi connectivity index (χ3n) is 3.06. The predicted molar refractivity (Wildman–Crippen MR) is 94.8 cm³/mol. The lowest BCUT2D eigenvalue weighted by molar-refractivity contribution is -0.142. The van der Waals surface area contributed by atoms with Crippen molar-refractivity contribution in [2.75, 3.05) is 65.9 Å². The molecule has 158 valence electrons. The summed E-state index contributed by atoms with van der Waals surface area (Å²) >= 11 is 0. The first kappa shape index (κ1) is 23.5. The van der Waals surface area contributed by atoms with E-state index >= 15 is 0 Å². The zero-order chi connectivity index (χ0) is 20.5. The standard InChI is InChI=1S/C16H26N4O8/c21-14(17-1-3-25-6-8-28-12-15(22)23)11-27-7-5-26-4-2-18-16(24)13-9-19-20-10-13/h9-10H,1-8,11-12H2,(H,17,21)(H,18,24)(H,19,20)(H,22,23). The number of carboxylic acids is 1. The fourth-order valence-electron chi connectivity index (χ4n) is 1.79. The van der Waals surface area contributed by atoms with Crippen LogP contribution in [-0.2, 0) is 28.5 Å². The molecule has 2 amide bonds. The van der Waals surface area contributed by atoms with Gasteiger partial charge in [0, 0.05) is 19.3 Å². The van der Waals surface area contributed by atoms with E-state index in [1.165, 1.54) is 12.4 Å². The summed E-state index contributed by atoms with van der Waals surface area (Å²) in [7, 11) is 0. The summed E-state index contributed by atoms with van der Waals surface area (Å²) in [5.41, 5.74) is 0.450. The van der Waals surface area contributed by atoms with Crippen LogP contribution in [0.4, 0.5) is 0 Å². The Morgan fingerprint density at radius 2 is 1.50 bits per heavy atom. The van der Waals surface area contributed by atoms with Gasteiger partial charge in [-0.1, -0.05) is 0 Å². The number of H-pyrrole nitrogens is 1. The summed E-state index contributed by atoms with van der Waals surface area (Å²) in [6.45, 7) is 1.80. The van der Waals surface area contributed by atoms with Gasteiger partial charge >= 0.3 is 5.97 Å². The molecule has 1 aromatic heterocycles. The SMILES string of the molecule is O=C(O)COCCOCCNC(=O)COCCOCCNC(=O)c1cn[nH]c1. The molecule has 4 N–H and O–H groups in total. The molecule has 1 aromatic rings. The Bertz CT molecular complexity index is 567. The molecule has 0 saturated carbocycles. The van der Waals surface area contributed by atoms with E-state index < -0.39 is 5.97 Å². The Hall–Kier alpha value is -2.54. The van der Waals surface area contributed by atoms with Gasteiger partial charge in [0.05, 0.1) is 51.4 Å². The van der Waals surface area contributed by atoms with Gasteiger partial charge in [0.2, 0.25) is 5.91 Å². The molecule has 0 aliphatic carbocycles. The lowest BCUT2D eigenvalue weighted by Gasteiger charge is -2.08. The zero-order valence-corrected chi connectivity index (χ0v) is 15.5. The number of hydrogen-bond acceptors (Lipinski definition) is 8. The second kappa shape index (κ2) is 15.5. The second-order valence-electron chi connectivity index (χ2n) is 5.32. The van der Waals surface area contributed by atoms with Crippen molar-refractivity contribution in [1.82, 2.24) is 20.8 Å². The number of carbonyl (C=O) groups is 3. The van der Waals surface area contributed by atoms with Gasteiger partial charge < -0.3 is 34.7 Å². The third-order valence-corrected chi connectivity index (χ3v) is 3.06. The lowest BCUT2D eigenvalue weighted by atomic mass is 10.3. The first-order valence-corrected chi connectivity index (χ1v) is 8.66. The van der Waals surface area contributed by atoms with Gasteiger partial charge in [0.1, 0.15) is 13.2 Å². The van der Waals surface area contributed by atoms with E-state index in [1.807, 2.05) is 0 Å². The second-order valence-corrected chi connectivity index (χ2v) is 5.32. The molecule has 0 radical (unpaired) electrons. The maximum atomic E-state index is 11.6. The van der Waals surface area contributed by atoms with Crippen molar-refractivity contribution in [2.24, 2.45) is 0 Å². The minimum atomic E-state index is -1.03. The largest absolute Gasteiger partial charge is 0.480 e. The minimum Gasteiger partial charge on any atom is -0.480 e. The lowest BCUT2D eigenvalue weighted by Crippen LogP contribution is -2.31. The number of aromatic amines is 1. The molecule has 0 spiro atoms. The average molecular weight is 402 g/mol. The highest BCUT2D eigenvalue weighted by molar-refractivity contribution is 5.93. The van der Waals surface area contributed by atoms with E-state index in [0.717, 1.165) is 0 Å². The van der Waals surface area contributed by atoms with Gasteiger partial charge in [-0.25, -0.2) is 4.79 Å². The Kier molecular flexibility index (Phi) is 13.0. The molecule has 0 aliphatic heterocycles. The van der Waals surface area contributed by atoms with Gasteiger partial charge in [0.15, 0.2) is 0 Å². The normalized spacial score (nSPS) is 10.6. The van der Waals surface area contributed by atoms with Crippen LogP contribution in [-0.4, -0.2) is 99.0 Å². The van der Waals surface area contributed by atoms with Gasteiger partial charge in [-0.05, 0) is 0 Å². The first-order chi connectivity index (χ1) is 13.6. The summed E-state index contributed by atoms with van der Waals surface area (Å²) in [4.78, 5) is 33.3. The molecule has 0 aromatic carbocycles. The molecule has 0 fully saturated rings. The molecule has 0 atom stereocenters. The number of ether oxygens (including phenoxy) is 4. The molecule has 0 saturated heterocycles. The summed E-state index contributed by atoms with van der Waals surface area (Å²) in [6.07, 6.45) is 2.93. The molecule has 1 heterocycles. The van der Waals surface area contributed by atoms with Crippen molar-refractivity contribution in [3.05, 3.63) is 18.0 Å². The van der Waals surface area contributed by atoms with Crippen molar-refractivity contribution in [1.29, 1.82) is 0 Å². The maximum absolute atomic E-state index is 11.6. The van der Waals surface area contributed by atoms with Crippen LogP contribution in [0.15, 0.2) is 12.4 Å². The van der Waals surface area contributed by atoms with E-state index in [-0.39, 0.29) is 51.5 Å². The van der Waals surface area contributed by atoms with Crippen molar-refractivity contribution < 1.29 is 38.4 Å². The Labute approximate surface area is 161 Å². The fraction of sp³-hybridized carbons (Fsp3) is 0.625. The first-order valence-electron chi connectivity index (χ1n) is 8.66. The Morgan fingerprint density at radius 3 is 2.11 bits per heavy atom. The van der Waals surface area contributed by atoms with Crippen LogP contribution in [0.3, 0.4) is 0 Å². The number of carboxylic acid groups (broad SMARTS) is 1. The molecule has 12 heteroatoms. The topological polar surface area (TPSA) is 161 Å². The maximum Gasteiger partial charge on any atom is 0.329 e. The van der Waals surface area contributed by atoms with E-state index in [2.05, 4.69) is 20.8 Å². The third kappa shape index (κ3) is 12.8. The van der Waals surface area contributed by atoms with Gasteiger partial charge in [-0.3, -0.25) is 14.7 Å². The number of aromatic nitrogens is 2. The van der Waals surface area contributed by atoms with Crippen LogP contribution in [0.1, 0.15) is 10.4 Å². The van der Waals surface area contributed by atoms with Crippen LogP contribution in [0.25, 0.3) is 0 Å². The molecule has 1 rings (SSSR count). The number of amides is 2. The quantitative estimate of drug-likeness (QED) is 0.225. The van der Waals surface area contributed by atoms with E-state index in [4.69, 9.17) is 24.1 Å². The molecule has 12 nitrogen and oxygen atoms in total. The van der Waals surface area contributed by atoms with E-state index in [1.54, 1.807) is 0 Å². The van der Waals surface area contributed by atoms with Crippen molar-refractivity contribution in [3.63, 3.8) is 0 Å². The van der Waals surface area contributed by atoms with Crippen LogP contribution in [0, 0.1) is 0 Å². The van der Waals surface area contributed by atoms with Gasteiger partial charge in [-0.15, -0.1) is 0 Å². The number of carbonyl (C=O) groups excluding carboxylic acids is 2. The number of nitrogens with one attached hydrogen (secondary N) is 3. The van der Waals surface area contributed by atoms with Crippen molar-refractivity contribution in [3.8, 4) is 0 Å². The molecule has 0 unspecified atom stereocenters. The highest BCUT2D eigenvalue weighted by atomic mass is 16.5. The summed E-state index contributed by atoms with van der Waals surface area (Å²) < 4.78 is 20.4. The monoisotopic (exact) mass is 402 g/mol. The van der Waals surface area contributed by atoms with Crippen LogP contribution in [0.5, 0.6) is 0 Å². The van der Waals surface area contributed by atoms with Crippen LogP contribution in [0.2, 0.25) is 0 Å². The molecule has 28 heavy (non-hydrogen) atoms. The molecular weight excluding hydrogens is 376 g/mol. The number of rotatable bonds is 17. The number of nitrogens with zero attached hydrogens (tertiary/aromatic N) is 1. The summed E-state index contributed by atoms with van der Waals surface area (Å²) in [6, 6.07) is 0. The minimum absolute atomic E-state index is 0.0949. The average Bonchev–Trinajstić information content (AvgIpc) is 3.20. The van der Waals surface area contributed by atoms with Crippen molar-refractivity contribution in [2.45, 2.75) is 0 Å². The number of aliphatic carboxylic acids is 1. The van der Waals surface area contributed by atoms with E-state index in [9.17, 15) is 14.4 Å². The number of hydrogen-bond donors (Lipinski definition) is 4. The molecule has 0 bridgehead atoms. The highest BCUT2D eigenvalue weighted by Gasteiger charge is 2.05. The summed E-state index contributed by atoms with van der Waals surface area (Å²) in [5, 5.41) is 19.9. The van der Waals surface area contributed by atoms with E-state index in [0.29, 0.717) is 31.9 Å².